The van der Waals surface area contributed by atoms with Crippen molar-refractivity contribution in [2.45, 2.75) is 64.8 Å². The Morgan fingerprint density at radius 1 is 1.00 bits per heavy atom. The molecule has 36 heavy (non-hydrogen) atoms. The molecule has 0 saturated carbocycles. The van der Waals surface area contributed by atoms with E-state index in [-0.39, 0.29) is 11.8 Å². The van der Waals surface area contributed by atoms with Gasteiger partial charge in [0.05, 0.1) is 0 Å². The number of hydrogen-bond acceptors (Lipinski definition) is 5. The minimum absolute atomic E-state index is 0.292. The van der Waals surface area contributed by atoms with Gasteiger partial charge in [0.15, 0.2) is 0 Å². The summed E-state index contributed by atoms with van der Waals surface area (Å²) in [4.78, 5) is 41.0. The van der Waals surface area contributed by atoms with Gasteiger partial charge in [-0.2, -0.15) is 11.8 Å². The minimum Gasteiger partial charge on any atom is -0.444 e. The summed E-state index contributed by atoms with van der Waals surface area (Å²) in [5.74, 6) is 0.0185. The summed E-state index contributed by atoms with van der Waals surface area (Å²) in [7, 11) is 1.60. The molecule has 2 N–H and O–H groups in total. The maximum absolute atomic E-state index is 13.6. The molecule has 0 saturated heterocycles. The fraction of sp³-hybridized carbons (Fsp3) is 0.464. The molecule has 196 valence electrons. The van der Waals surface area contributed by atoms with Crippen LogP contribution in [0.1, 0.15) is 56.8 Å². The standard InChI is InChI=1S/C28H39N3O4S/c1-7-20-13-15-22(16-14-20)24(25(32)29-19-21-11-9-8-10-12-21)31(5)26(33)23(17-18-36-6)30-27(34)35-28(2,3)4/h8-16,23-24H,7,17-19H2,1-6H3,(H,29,32)(H,30,34). The number of nitrogens with zero attached hydrogens (tertiary/aromatic N) is 1. The van der Waals surface area contributed by atoms with Crippen molar-refractivity contribution in [3.8, 4) is 0 Å². The van der Waals surface area contributed by atoms with Gasteiger partial charge >= 0.3 is 6.09 Å². The van der Waals surface area contributed by atoms with Gasteiger partial charge in [-0.1, -0.05) is 61.5 Å². The zero-order chi connectivity index (χ0) is 26.7. The predicted molar refractivity (Wildman–Crippen MR) is 146 cm³/mol. The van der Waals surface area contributed by atoms with Crippen LogP contribution in [-0.2, 0) is 27.3 Å². The van der Waals surface area contributed by atoms with E-state index < -0.39 is 23.8 Å². The lowest BCUT2D eigenvalue weighted by molar-refractivity contribution is -0.140. The van der Waals surface area contributed by atoms with Crippen LogP contribution in [0.5, 0.6) is 0 Å². The maximum atomic E-state index is 13.6. The normalized spacial score (nSPS) is 12.8. The van der Waals surface area contributed by atoms with Crippen LogP contribution in [0.15, 0.2) is 54.6 Å². The highest BCUT2D eigenvalue weighted by Crippen LogP contribution is 2.23. The third-order valence-electron chi connectivity index (χ3n) is 5.60. The lowest BCUT2D eigenvalue weighted by atomic mass is 10.0. The molecule has 0 aliphatic carbocycles. The van der Waals surface area contributed by atoms with Crippen molar-refractivity contribution in [2.24, 2.45) is 0 Å². The van der Waals surface area contributed by atoms with Gasteiger partial charge in [-0.05, 0) is 62.3 Å². The number of ether oxygens (including phenoxy) is 1. The molecule has 0 heterocycles. The van der Waals surface area contributed by atoms with Crippen LogP contribution in [-0.4, -0.2) is 53.5 Å². The number of likely N-dealkylation sites (N-methyl/N-ethyl adjacent to an activating group) is 1. The van der Waals surface area contributed by atoms with Gasteiger partial charge in [-0.3, -0.25) is 9.59 Å². The lowest BCUT2D eigenvalue weighted by Gasteiger charge is -2.31. The Hall–Kier alpha value is -3.00. The molecule has 0 radical (unpaired) electrons. The molecular weight excluding hydrogens is 474 g/mol. The summed E-state index contributed by atoms with van der Waals surface area (Å²) >= 11 is 1.58. The van der Waals surface area contributed by atoms with Crippen LogP contribution in [0.2, 0.25) is 0 Å². The lowest BCUT2D eigenvalue weighted by Crippen LogP contribution is -2.51. The van der Waals surface area contributed by atoms with Crippen molar-refractivity contribution in [3.05, 3.63) is 71.3 Å². The number of amides is 3. The second-order valence-corrected chi connectivity index (χ2v) is 10.6. The van der Waals surface area contributed by atoms with E-state index in [4.69, 9.17) is 4.74 Å². The molecule has 0 aliphatic heterocycles. The highest BCUT2D eigenvalue weighted by Gasteiger charge is 2.33. The molecule has 2 rings (SSSR count). The first-order chi connectivity index (χ1) is 17.1. The first kappa shape index (κ1) is 29.2. The summed E-state index contributed by atoms with van der Waals surface area (Å²) in [6, 6.07) is 15.6. The third kappa shape index (κ3) is 9.22. The number of rotatable bonds is 11. The Labute approximate surface area is 219 Å². The Kier molecular flexibility index (Phi) is 11.3. The Balaban J connectivity index is 2.29. The van der Waals surface area contributed by atoms with Crippen molar-refractivity contribution < 1.29 is 19.1 Å². The molecule has 2 unspecified atom stereocenters. The van der Waals surface area contributed by atoms with E-state index in [0.717, 1.165) is 17.5 Å². The highest BCUT2D eigenvalue weighted by molar-refractivity contribution is 7.98. The molecule has 2 aromatic carbocycles. The Morgan fingerprint density at radius 2 is 1.64 bits per heavy atom. The van der Waals surface area contributed by atoms with Gasteiger partial charge in [0.2, 0.25) is 11.8 Å². The van der Waals surface area contributed by atoms with E-state index in [2.05, 4.69) is 17.6 Å². The summed E-state index contributed by atoms with van der Waals surface area (Å²) in [5.41, 5.74) is 2.11. The van der Waals surface area contributed by atoms with Gasteiger partial charge in [-0.25, -0.2) is 4.79 Å². The van der Waals surface area contributed by atoms with Crippen molar-refractivity contribution >= 4 is 29.7 Å². The smallest absolute Gasteiger partial charge is 0.408 e. The van der Waals surface area contributed by atoms with E-state index in [0.29, 0.717) is 24.3 Å². The molecule has 2 atom stereocenters. The van der Waals surface area contributed by atoms with Crippen molar-refractivity contribution in [2.75, 3.05) is 19.1 Å². The number of aryl methyl sites for hydroxylation is 1. The van der Waals surface area contributed by atoms with Crippen molar-refractivity contribution in [1.29, 1.82) is 0 Å². The zero-order valence-electron chi connectivity index (χ0n) is 22.2. The average molecular weight is 514 g/mol. The Morgan fingerprint density at radius 3 is 2.19 bits per heavy atom. The second kappa shape index (κ2) is 13.9. The largest absolute Gasteiger partial charge is 0.444 e. The molecule has 0 aliphatic rings. The predicted octanol–water partition coefficient (Wildman–Crippen LogP) is 4.71. The highest BCUT2D eigenvalue weighted by atomic mass is 32.2. The quantitative estimate of drug-likeness (QED) is 0.454. The SMILES string of the molecule is CCc1ccc(C(C(=O)NCc2ccccc2)N(C)C(=O)C(CCSC)NC(=O)OC(C)(C)C)cc1. The summed E-state index contributed by atoms with van der Waals surface area (Å²) in [6.45, 7) is 7.71. The van der Waals surface area contributed by atoms with E-state index in [1.807, 2.05) is 60.9 Å². The fourth-order valence-corrected chi connectivity index (χ4v) is 4.16. The van der Waals surface area contributed by atoms with Gasteiger partial charge in [0.1, 0.15) is 17.7 Å². The molecular formula is C28H39N3O4S. The first-order valence-electron chi connectivity index (χ1n) is 12.2. The maximum Gasteiger partial charge on any atom is 0.408 e. The van der Waals surface area contributed by atoms with Crippen molar-refractivity contribution in [1.82, 2.24) is 15.5 Å². The van der Waals surface area contributed by atoms with Gasteiger partial charge < -0.3 is 20.3 Å². The zero-order valence-corrected chi connectivity index (χ0v) is 23.0. The number of hydrogen-bond donors (Lipinski definition) is 2. The van der Waals surface area contributed by atoms with Crippen LogP contribution < -0.4 is 10.6 Å². The molecule has 0 aromatic heterocycles. The summed E-state index contributed by atoms with van der Waals surface area (Å²) in [5, 5.41) is 5.68. The van der Waals surface area contributed by atoms with Crippen LogP contribution in [0.25, 0.3) is 0 Å². The number of alkyl carbamates (subject to hydrolysis) is 1. The van der Waals surface area contributed by atoms with Gasteiger partial charge in [0.25, 0.3) is 0 Å². The first-order valence-corrected chi connectivity index (χ1v) is 13.6. The van der Waals surface area contributed by atoms with Gasteiger partial charge in [-0.15, -0.1) is 0 Å². The minimum atomic E-state index is -0.857. The molecule has 2 aromatic rings. The van der Waals surface area contributed by atoms with Crippen LogP contribution in [0.4, 0.5) is 4.79 Å². The average Bonchev–Trinajstić information content (AvgIpc) is 2.84. The fourth-order valence-electron chi connectivity index (χ4n) is 3.68. The molecule has 7 nitrogen and oxygen atoms in total. The van der Waals surface area contributed by atoms with Crippen LogP contribution in [0, 0.1) is 0 Å². The van der Waals surface area contributed by atoms with Crippen molar-refractivity contribution in [3.63, 3.8) is 0 Å². The number of carbonyl (C=O) groups is 3. The second-order valence-electron chi connectivity index (χ2n) is 9.63. The molecule has 0 spiro atoms. The topological polar surface area (TPSA) is 87.7 Å². The van der Waals surface area contributed by atoms with E-state index >= 15 is 0 Å². The summed E-state index contributed by atoms with van der Waals surface area (Å²) in [6.07, 6.45) is 2.56. The molecule has 0 bridgehead atoms. The third-order valence-corrected chi connectivity index (χ3v) is 6.24. The van der Waals surface area contributed by atoms with E-state index in [9.17, 15) is 14.4 Å². The molecule has 8 heteroatoms. The van der Waals surface area contributed by atoms with Gasteiger partial charge in [0, 0.05) is 13.6 Å². The monoisotopic (exact) mass is 513 g/mol. The van der Waals surface area contributed by atoms with Crippen LogP contribution >= 0.6 is 11.8 Å². The number of thioether (sulfide) groups is 1. The molecule has 0 fully saturated rings. The Bertz CT molecular complexity index is 990. The summed E-state index contributed by atoms with van der Waals surface area (Å²) < 4.78 is 5.38. The number of benzene rings is 2. The van der Waals surface area contributed by atoms with E-state index in [1.54, 1.807) is 39.6 Å². The number of carbonyl (C=O) groups excluding carboxylic acids is 3. The van der Waals surface area contributed by atoms with E-state index in [1.165, 1.54) is 4.90 Å². The molecule has 3 amide bonds. The van der Waals surface area contributed by atoms with Crippen LogP contribution in [0.3, 0.4) is 0 Å². The number of nitrogens with one attached hydrogen (secondary N) is 2.